The summed E-state index contributed by atoms with van der Waals surface area (Å²) in [5, 5.41) is 2.91. The minimum absolute atomic E-state index is 0.00422. The van der Waals surface area contributed by atoms with Crippen molar-refractivity contribution in [2.75, 3.05) is 13.6 Å². The fourth-order valence-corrected chi connectivity index (χ4v) is 2.66. The molecule has 1 unspecified atom stereocenters. The Kier molecular flexibility index (Phi) is 6.54. The molecule has 2 aromatic rings. The minimum Gasteiger partial charge on any atom is -0.338 e. The number of amides is 2. The second kappa shape index (κ2) is 8.86. The first kappa shape index (κ1) is 17.7. The average Bonchev–Trinajstić information content (AvgIpc) is 2.61. The number of urea groups is 1. The third kappa shape index (κ3) is 4.68. The van der Waals surface area contributed by atoms with Crippen LogP contribution in [0.4, 0.5) is 4.79 Å². The van der Waals surface area contributed by atoms with E-state index in [4.69, 9.17) is 0 Å². The van der Waals surface area contributed by atoms with Gasteiger partial charge in [-0.15, -0.1) is 0 Å². The molecule has 2 rings (SSSR count). The van der Waals surface area contributed by atoms with E-state index >= 15 is 0 Å². The van der Waals surface area contributed by atoms with Gasteiger partial charge in [-0.1, -0.05) is 19.1 Å². The molecule has 1 atom stereocenters. The van der Waals surface area contributed by atoms with Gasteiger partial charge in [-0.2, -0.15) is 0 Å². The van der Waals surface area contributed by atoms with E-state index in [-0.39, 0.29) is 17.6 Å². The van der Waals surface area contributed by atoms with Crippen molar-refractivity contribution in [3.8, 4) is 0 Å². The number of pyridine rings is 2. The predicted molar refractivity (Wildman–Crippen MR) is 93.7 cm³/mol. The number of aromatic nitrogens is 2. The van der Waals surface area contributed by atoms with Crippen LogP contribution in [0, 0.1) is 0 Å². The molecule has 0 saturated carbocycles. The summed E-state index contributed by atoms with van der Waals surface area (Å²) in [6.45, 7) is 3.15. The summed E-state index contributed by atoms with van der Waals surface area (Å²) >= 11 is 0. The second-order valence-electron chi connectivity index (χ2n) is 5.64. The Labute approximate surface area is 142 Å². The summed E-state index contributed by atoms with van der Waals surface area (Å²) in [7, 11) is 1.79. The monoisotopic (exact) mass is 328 g/mol. The molecule has 0 bridgehead atoms. The summed E-state index contributed by atoms with van der Waals surface area (Å²) in [4.78, 5) is 29.7. The molecule has 0 aromatic carbocycles. The standard InChI is InChI=1S/C18H24N4O2/c1-3-16(15-8-6-10-19-14-15)21(2)18(24)20-11-7-13-22-12-5-4-9-17(22)23/h4-6,8-10,12,14,16H,3,7,11,13H2,1-2H3,(H,20,24). The van der Waals surface area contributed by atoms with Gasteiger partial charge in [0.05, 0.1) is 6.04 Å². The van der Waals surface area contributed by atoms with Gasteiger partial charge >= 0.3 is 6.03 Å². The zero-order valence-corrected chi connectivity index (χ0v) is 14.2. The lowest BCUT2D eigenvalue weighted by Crippen LogP contribution is -2.40. The number of aryl methyl sites for hydroxylation is 1. The highest BCUT2D eigenvalue weighted by atomic mass is 16.2. The van der Waals surface area contributed by atoms with Crippen molar-refractivity contribution in [3.05, 3.63) is 64.8 Å². The van der Waals surface area contributed by atoms with Gasteiger partial charge in [-0.05, 0) is 30.5 Å². The fourth-order valence-electron chi connectivity index (χ4n) is 2.66. The normalized spacial score (nSPS) is 11.8. The first-order valence-electron chi connectivity index (χ1n) is 8.19. The van der Waals surface area contributed by atoms with Crippen LogP contribution in [0.15, 0.2) is 53.7 Å². The van der Waals surface area contributed by atoms with E-state index in [2.05, 4.69) is 10.3 Å². The molecule has 2 amide bonds. The summed E-state index contributed by atoms with van der Waals surface area (Å²) in [6, 6.07) is 8.81. The Bertz CT molecular complexity index is 699. The molecule has 2 heterocycles. The van der Waals surface area contributed by atoms with Gasteiger partial charge < -0.3 is 14.8 Å². The molecule has 0 aliphatic carbocycles. The number of rotatable bonds is 7. The quantitative estimate of drug-likeness (QED) is 0.794. The van der Waals surface area contributed by atoms with Crippen molar-refractivity contribution in [2.45, 2.75) is 32.4 Å². The minimum atomic E-state index is -0.119. The number of hydrogen-bond acceptors (Lipinski definition) is 3. The lowest BCUT2D eigenvalue weighted by Gasteiger charge is -2.27. The van der Waals surface area contributed by atoms with E-state index in [1.165, 1.54) is 6.07 Å². The first-order valence-corrected chi connectivity index (χ1v) is 8.19. The summed E-state index contributed by atoms with van der Waals surface area (Å²) < 4.78 is 1.64. The highest BCUT2D eigenvalue weighted by Crippen LogP contribution is 2.21. The third-order valence-corrected chi connectivity index (χ3v) is 3.99. The topological polar surface area (TPSA) is 67.2 Å². The lowest BCUT2D eigenvalue weighted by atomic mass is 10.1. The van der Waals surface area contributed by atoms with Crippen LogP contribution in [0.1, 0.15) is 31.4 Å². The molecule has 0 fully saturated rings. The lowest BCUT2D eigenvalue weighted by molar-refractivity contribution is 0.188. The molecular weight excluding hydrogens is 304 g/mol. The highest BCUT2D eigenvalue weighted by molar-refractivity contribution is 5.74. The van der Waals surface area contributed by atoms with E-state index < -0.39 is 0 Å². The van der Waals surface area contributed by atoms with Gasteiger partial charge in [0.15, 0.2) is 0 Å². The molecule has 1 N–H and O–H groups in total. The van der Waals surface area contributed by atoms with Crippen LogP contribution >= 0.6 is 0 Å². The van der Waals surface area contributed by atoms with Crippen LogP contribution in [0.3, 0.4) is 0 Å². The Morgan fingerprint density at radius 3 is 2.83 bits per heavy atom. The van der Waals surface area contributed by atoms with E-state index in [0.717, 1.165) is 12.0 Å². The molecule has 6 nitrogen and oxygen atoms in total. The number of carbonyl (C=O) groups excluding carboxylic acids is 1. The van der Waals surface area contributed by atoms with E-state index in [1.54, 1.807) is 41.2 Å². The van der Waals surface area contributed by atoms with E-state index in [1.807, 2.05) is 25.1 Å². The Morgan fingerprint density at radius 1 is 1.33 bits per heavy atom. The maximum atomic E-state index is 12.3. The summed E-state index contributed by atoms with van der Waals surface area (Å²) in [5.74, 6) is 0. The van der Waals surface area contributed by atoms with Gasteiger partial charge in [0, 0.05) is 44.8 Å². The molecule has 128 valence electrons. The zero-order chi connectivity index (χ0) is 17.4. The van der Waals surface area contributed by atoms with Gasteiger partial charge in [0.25, 0.3) is 0 Å². The molecule has 0 aliphatic rings. The molecule has 6 heteroatoms. The average molecular weight is 328 g/mol. The van der Waals surface area contributed by atoms with Crippen LogP contribution in [0.2, 0.25) is 0 Å². The molecule has 0 saturated heterocycles. The van der Waals surface area contributed by atoms with Crippen molar-refractivity contribution in [1.82, 2.24) is 19.8 Å². The maximum Gasteiger partial charge on any atom is 0.317 e. The molecule has 2 aromatic heterocycles. The highest BCUT2D eigenvalue weighted by Gasteiger charge is 2.19. The number of hydrogen-bond donors (Lipinski definition) is 1. The molecule has 0 aliphatic heterocycles. The van der Waals surface area contributed by atoms with Gasteiger partial charge in [-0.25, -0.2) is 4.79 Å². The van der Waals surface area contributed by atoms with E-state index in [9.17, 15) is 9.59 Å². The predicted octanol–water partition coefficient (Wildman–Crippen LogP) is 2.43. The molecule has 0 spiro atoms. The van der Waals surface area contributed by atoms with Gasteiger partial charge in [0.2, 0.25) is 5.56 Å². The first-order chi connectivity index (χ1) is 11.6. The van der Waals surface area contributed by atoms with Gasteiger partial charge in [0.1, 0.15) is 0 Å². The van der Waals surface area contributed by atoms with Crippen LogP contribution in [-0.2, 0) is 6.54 Å². The van der Waals surface area contributed by atoms with Gasteiger partial charge in [-0.3, -0.25) is 9.78 Å². The summed E-state index contributed by atoms with van der Waals surface area (Å²) in [6.07, 6.45) is 6.79. The molecular formula is C18H24N4O2. The van der Waals surface area contributed by atoms with Crippen molar-refractivity contribution >= 4 is 6.03 Å². The van der Waals surface area contributed by atoms with Crippen molar-refractivity contribution in [3.63, 3.8) is 0 Å². The number of carbonyl (C=O) groups is 1. The van der Waals surface area contributed by atoms with Crippen molar-refractivity contribution in [2.24, 2.45) is 0 Å². The molecule has 0 radical (unpaired) electrons. The van der Waals surface area contributed by atoms with Crippen LogP contribution in [0.5, 0.6) is 0 Å². The smallest absolute Gasteiger partial charge is 0.317 e. The SMILES string of the molecule is CCC(c1cccnc1)N(C)C(=O)NCCCn1ccccc1=O. The Morgan fingerprint density at radius 2 is 2.17 bits per heavy atom. The Hall–Kier alpha value is -2.63. The Balaban J connectivity index is 1.83. The number of nitrogens with zero attached hydrogens (tertiary/aromatic N) is 3. The largest absolute Gasteiger partial charge is 0.338 e. The molecule has 24 heavy (non-hydrogen) atoms. The zero-order valence-electron chi connectivity index (χ0n) is 14.2. The fraction of sp³-hybridized carbons (Fsp3) is 0.389. The third-order valence-electron chi connectivity index (χ3n) is 3.99. The second-order valence-corrected chi connectivity index (χ2v) is 5.64. The number of nitrogens with one attached hydrogen (secondary N) is 1. The van der Waals surface area contributed by atoms with Crippen LogP contribution in [0.25, 0.3) is 0 Å². The van der Waals surface area contributed by atoms with Crippen molar-refractivity contribution < 1.29 is 4.79 Å². The van der Waals surface area contributed by atoms with Crippen molar-refractivity contribution in [1.29, 1.82) is 0 Å². The van der Waals surface area contributed by atoms with E-state index in [0.29, 0.717) is 19.5 Å². The van der Waals surface area contributed by atoms with Crippen LogP contribution < -0.4 is 10.9 Å². The maximum absolute atomic E-state index is 12.3. The summed E-state index contributed by atoms with van der Waals surface area (Å²) in [5.41, 5.74) is 0.997. The van der Waals surface area contributed by atoms with Crippen LogP contribution in [-0.4, -0.2) is 34.1 Å².